The fourth-order valence-electron chi connectivity index (χ4n) is 0.845. The second-order valence-electron chi connectivity index (χ2n) is 2.94. The lowest BCUT2D eigenvalue weighted by Crippen LogP contribution is -2.23. The first-order valence-corrected chi connectivity index (χ1v) is 5.12. The van der Waals surface area contributed by atoms with Gasteiger partial charge in [0.1, 0.15) is 0 Å². The van der Waals surface area contributed by atoms with Gasteiger partial charge in [-0.15, -0.1) is 11.6 Å². The molecule has 0 spiro atoms. The van der Waals surface area contributed by atoms with E-state index in [-0.39, 0.29) is 5.38 Å². The Morgan fingerprint density at radius 1 is 1.31 bits per heavy atom. The van der Waals surface area contributed by atoms with E-state index in [2.05, 4.69) is 5.32 Å². The predicted molar refractivity (Wildman–Crippen MR) is 55.5 cm³/mol. The summed E-state index contributed by atoms with van der Waals surface area (Å²) in [4.78, 5) is 0. The number of ether oxygens (including phenoxy) is 2. The van der Waals surface area contributed by atoms with E-state index in [1.54, 1.807) is 7.11 Å². The van der Waals surface area contributed by atoms with Crippen LogP contribution >= 0.6 is 11.6 Å². The van der Waals surface area contributed by atoms with E-state index in [1.165, 1.54) is 0 Å². The topological polar surface area (TPSA) is 30.5 Å². The average Bonchev–Trinajstić information content (AvgIpc) is 2.09. The lowest BCUT2D eigenvalue weighted by Gasteiger charge is -2.06. The van der Waals surface area contributed by atoms with Crippen LogP contribution in [0.25, 0.3) is 0 Å². The van der Waals surface area contributed by atoms with Gasteiger partial charge in [-0.3, -0.25) is 0 Å². The van der Waals surface area contributed by atoms with Gasteiger partial charge in [0.05, 0.1) is 13.2 Å². The van der Waals surface area contributed by atoms with Crippen molar-refractivity contribution >= 4 is 11.6 Å². The molecule has 0 fully saturated rings. The summed E-state index contributed by atoms with van der Waals surface area (Å²) in [5, 5.41) is 3.44. The summed E-state index contributed by atoms with van der Waals surface area (Å²) in [6.45, 7) is 5.94. The molecule has 0 aromatic rings. The molecule has 0 amide bonds. The van der Waals surface area contributed by atoms with Crippen molar-refractivity contribution in [3.63, 3.8) is 0 Å². The van der Waals surface area contributed by atoms with Gasteiger partial charge in [0.15, 0.2) is 0 Å². The predicted octanol–water partition coefficient (Wildman–Crippen LogP) is 1.26. The molecule has 0 aromatic carbocycles. The minimum atomic E-state index is 0.203. The second-order valence-corrected chi connectivity index (χ2v) is 3.69. The molecule has 0 aliphatic rings. The first-order valence-electron chi connectivity index (χ1n) is 4.69. The van der Waals surface area contributed by atoms with E-state index in [9.17, 15) is 0 Å². The Kier molecular flexibility index (Phi) is 10.4. The van der Waals surface area contributed by atoms with Gasteiger partial charge in [0.2, 0.25) is 0 Å². The highest BCUT2D eigenvalue weighted by molar-refractivity contribution is 6.20. The minimum Gasteiger partial charge on any atom is -0.382 e. The molecule has 0 saturated heterocycles. The highest BCUT2D eigenvalue weighted by Gasteiger charge is 1.94. The van der Waals surface area contributed by atoms with Crippen LogP contribution in [0.3, 0.4) is 0 Å². The summed E-state index contributed by atoms with van der Waals surface area (Å²) < 4.78 is 10.1. The Hall–Kier alpha value is 0.170. The second kappa shape index (κ2) is 10.3. The van der Waals surface area contributed by atoms with Crippen molar-refractivity contribution < 1.29 is 9.47 Å². The van der Waals surface area contributed by atoms with Crippen molar-refractivity contribution in [1.82, 2.24) is 5.32 Å². The molecular weight excluding hydrogens is 190 g/mol. The number of hydrogen-bond acceptors (Lipinski definition) is 3. The van der Waals surface area contributed by atoms with Crippen LogP contribution in [0.4, 0.5) is 0 Å². The zero-order valence-corrected chi connectivity index (χ0v) is 9.27. The molecule has 0 rings (SSSR count). The van der Waals surface area contributed by atoms with Crippen LogP contribution in [0.1, 0.15) is 13.3 Å². The van der Waals surface area contributed by atoms with Crippen LogP contribution < -0.4 is 5.32 Å². The Morgan fingerprint density at radius 3 is 2.69 bits per heavy atom. The number of alkyl halides is 1. The zero-order chi connectivity index (χ0) is 9.94. The molecule has 80 valence electrons. The summed E-state index contributed by atoms with van der Waals surface area (Å²) in [5.41, 5.74) is 0. The third kappa shape index (κ3) is 12.2. The third-order valence-corrected chi connectivity index (χ3v) is 1.65. The lowest BCUT2D eigenvalue weighted by molar-refractivity contribution is 0.0695. The fraction of sp³-hybridized carbons (Fsp3) is 1.00. The van der Waals surface area contributed by atoms with Crippen molar-refractivity contribution in [2.75, 3.05) is 40.0 Å². The molecular formula is C9H20ClNO2. The molecule has 0 aliphatic heterocycles. The maximum absolute atomic E-state index is 5.75. The molecule has 0 aliphatic carbocycles. The highest BCUT2D eigenvalue weighted by atomic mass is 35.5. The smallest absolute Gasteiger partial charge is 0.0700 e. The normalized spacial score (nSPS) is 13.2. The van der Waals surface area contributed by atoms with Crippen molar-refractivity contribution in [2.45, 2.75) is 18.7 Å². The summed E-state index contributed by atoms with van der Waals surface area (Å²) in [7, 11) is 1.67. The first kappa shape index (κ1) is 13.2. The number of nitrogens with one attached hydrogen (secondary N) is 1. The number of methoxy groups -OCH3 is 1. The van der Waals surface area contributed by atoms with Crippen molar-refractivity contribution in [1.29, 1.82) is 0 Å². The summed E-state index contributed by atoms with van der Waals surface area (Å²) in [5.74, 6) is 0. The highest BCUT2D eigenvalue weighted by Crippen LogP contribution is 1.89. The van der Waals surface area contributed by atoms with Crippen LogP contribution in [0.2, 0.25) is 0 Å². The molecule has 1 atom stereocenters. The van der Waals surface area contributed by atoms with Gasteiger partial charge in [-0.2, -0.15) is 0 Å². The van der Waals surface area contributed by atoms with E-state index in [0.29, 0.717) is 13.2 Å². The molecule has 1 unspecified atom stereocenters. The molecule has 1 N–H and O–H groups in total. The molecule has 0 saturated carbocycles. The monoisotopic (exact) mass is 209 g/mol. The maximum atomic E-state index is 5.75. The zero-order valence-electron chi connectivity index (χ0n) is 8.51. The van der Waals surface area contributed by atoms with E-state index >= 15 is 0 Å². The lowest BCUT2D eigenvalue weighted by atomic mass is 10.4. The van der Waals surface area contributed by atoms with Gasteiger partial charge in [-0.25, -0.2) is 0 Å². The van der Waals surface area contributed by atoms with Crippen LogP contribution in [0.5, 0.6) is 0 Å². The Labute approximate surface area is 85.7 Å². The minimum absolute atomic E-state index is 0.203. The van der Waals surface area contributed by atoms with Crippen LogP contribution in [0.15, 0.2) is 0 Å². The van der Waals surface area contributed by atoms with Gasteiger partial charge in [0.25, 0.3) is 0 Å². The Morgan fingerprint density at radius 2 is 2.08 bits per heavy atom. The van der Waals surface area contributed by atoms with Gasteiger partial charge < -0.3 is 14.8 Å². The van der Waals surface area contributed by atoms with Crippen molar-refractivity contribution in [3.05, 3.63) is 0 Å². The molecule has 0 bridgehead atoms. The van der Waals surface area contributed by atoms with E-state index in [0.717, 1.165) is 26.1 Å². The number of halogens is 1. The molecule has 0 aromatic heterocycles. The average molecular weight is 210 g/mol. The van der Waals surface area contributed by atoms with E-state index < -0.39 is 0 Å². The molecule has 0 heterocycles. The molecule has 13 heavy (non-hydrogen) atoms. The summed E-state index contributed by atoms with van der Waals surface area (Å²) in [6, 6.07) is 0. The van der Waals surface area contributed by atoms with Crippen LogP contribution in [-0.4, -0.2) is 45.4 Å². The molecule has 4 heteroatoms. The standard InChI is InChI=1S/C9H20ClNO2/c1-9(10)8-11-4-3-5-13-7-6-12-2/h9,11H,3-8H2,1-2H3. The third-order valence-electron chi connectivity index (χ3n) is 1.50. The Balaban J connectivity index is 2.84. The van der Waals surface area contributed by atoms with Crippen LogP contribution in [-0.2, 0) is 9.47 Å². The van der Waals surface area contributed by atoms with Crippen molar-refractivity contribution in [2.24, 2.45) is 0 Å². The molecule has 0 radical (unpaired) electrons. The van der Waals surface area contributed by atoms with Gasteiger partial charge >= 0.3 is 0 Å². The summed E-state index contributed by atoms with van der Waals surface area (Å²) in [6.07, 6.45) is 1.02. The van der Waals surface area contributed by atoms with Crippen LogP contribution in [0, 0.1) is 0 Å². The quantitative estimate of drug-likeness (QED) is 0.458. The van der Waals surface area contributed by atoms with E-state index in [1.807, 2.05) is 6.92 Å². The van der Waals surface area contributed by atoms with Gasteiger partial charge in [0, 0.05) is 25.6 Å². The summed E-state index contributed by atoms with van der Waals surface area (Å²) >= 11 is 5.75. The largest absolute Gasteiger partial charge is 0.382 e. The van der Waals surface area contributed by atoms with Crippen molar-refractivity contribution in [3.8, 4) is 0 Å². The molecule has 3 nitrogen and oxygen atoms in total. The fourth-order valence-corrected chi connectivity index (χ4v) is 0.954. The van der Waals surface area contributed by atoms with E-state index in [4.69, 9.17) is 21.1 Å². The van der Waals surface area contributed by atoms with Gasteiger partial charge in [-0.05, 0) is 19.9 Å². The number of hydrogen-bond donors (Lipinski definition) is 1. The van der Waals surface area contributed by atoms with Gasteiger partial charge in [-0.1, -0.05) is 0 Å². The number of rotatable bonds is 9. The maximum Gasteiger partial charge on any atom is 0.0700 e. The SMILES string of the molecule is COCCOCCCNCC(C)Cl. The Bertz CT molecular complexity index is 102. The first-order chi connectivity index (χ1) is 6.27.